The molecule has 0 aromatic heterocycles. The van der Waals surface area contributed by atoms with Crippen LogP contribution in [0.5, 0.6) is 0 Å². The topological polar surface area (TPSA) is 248 Å². The average molecular weight is 1440 g/mol. The normalized spacial score (nSPS) is 22.4. The van der Waals surface area contributed by atoms with Crippen LogP contribution < -0.4 is 5.32 Å². The van der Waals surface area contributed by atoms with Crippen LogP contribution in [0.3, 0.4) is 0 Å². The van der Waals surface area contributed by atoms with E-state index < -0.39 is 142 Å². The van der Waals surface area contributed by atoms with Crippen molar-refractivity contribution in [2.24, 2.45) is 0 Å². The minimum Gasteiger partial charge on any atom is -0.461 e. The van der Waals surface area contributed by atoms with Crippen molar-refractivity contribution in [3.8, 4) is 0 Å². The molecule has 0 aliphatic carbocycles. The summed E-state index contributed by atoms with van der Waals surface area (Å²) in [5, 5.41) is 3.28. The van der Waals surface area contributed by atoms with Crippen LogP contribution in [0.25, 0.3) is 0 Å². The Kier molecular flexibility index (Phi) is 29.1. The molecular weight excluding hydrogens is 1300 g/mol. The van der Waals surface area contributed by atoms with Gasteiger partial charge < -0.3 is 58.0 Å². The number of amides is 5. The molecule has 0 atom stereocenters. The monoisotopic (exact) mass is 1440 g/mol. The zero-order valence-corrected chi connectivity index (χ0v) is 68.1. The highest BCUT2D eigenvalue weighted by molar-refractivity contribution is 5.81. The highest BCUT2D eigenvalue weighted by Gasteiger charge is 2.55. The van der Waals surface area contributed by atoms with E-state index in [4.69, 9.17) is 23.7 Å². The van der Waals surface area contributed by atoms with Gasteiger partial charge in [0.1, 0.15) is 30.5 Å². The Morgan fingerprint density at radius 1 is 0.324 bits per heavy atom. The molecule has 584 valence electrons. The maximum atomic E-state index is 15.3. The van der Waals surface area contributed by atoms with Gasteiger partial charge >= 0.3 is 29.8 Å². The summed E-state index contributed by atoms with van der Waals surface area (Å²) in [6, 6.07) is 0. The van der Waals surface area contributed by atoms with Crippen molar-refractivity contribution in [3.63, 3.8) is 0 Å². The van der Waals surface area contributed by atoms with E-state index in [1.165, 1.54) is 0 Å². The molecule has 0 aromatic carbocycles. The minimum absolute atomic E-state index is 0.0102. The van der Waals surface area contributed by atoms with Gasteiger partial charge in [-0.1, -0.05) is 34.6 Å². The summed E-state index contributed by atoms with van der Waals surface area (Å²) < 4.78 is 31.8. The Balaban J connectivity index is 1.60. The molecule has 0 unspecified atom stereocenters. The van der Waals surface area contributed by atoms with Crippen LogP contribution in [0.4, 0.5) is 0 Å². The van der Waals surface area contributed by atoms with E-state index in [9.17, 15) is 38.4 Å². The Morgan fingerprint density at radius 2 is 0.529 bits per heavy atom. The van der Waals surface area contributed by atoms with Gasteiger partial charge in [0.15, 0.2) is 13.1 Å². The van der Waals surface area contributed by atoms with Crippen molar-refractivity contribution in [2.45, 2.75) is 387 Å². The second-order valence-electron chi connectivity index (χ2n) is 37.1. The van der Waals surface area contributed by atoms with Crippen LogP contribution >= 0.6 is 0 Å². The standard InChI is InChI=1S/C79H139N8O15/c1-26-31-60(88)82-70(6,7)40-55(41-71(82,8)9)98-65(93)50-80-36-38-87(53-68(96)101-58-46-76(18,19)85(63(91)34-29-4)77(20,21)47-58,54-69(97)102-59-48-78(22,23)86(64(92)35-30-5)79(24,25)49-59)39-37-81(51-66(94)99-56-42-72(10,11)83(61(89)32-27-2)73(12,13)43-56)52-67(95)100-57-44-74(14,15)84(62(90)33-28-3)75(16,17)45-57/h55-59,80H,26-54H2,1-25H3/q+1. The molecule has 5 fully saturated rings. The lowest BCUT2D eigenvalue weighted by Gasteiger charge is -2.55. The number of carbonyl (C=O) groups excluding carboxylic acids is 10. The van der Waals surface area contributed by atoms with Gasteiger partial charge in [0.2, 0.25) is 29.5 Å². The third-order valence-electron chi connectivity index (χ3n) is 21.9. The fraction of sp³-hybridized carbons (Fsp3) is 0.873. The molecule has 23 heteroatoms. The van der Waals surface area contributed by atoms with Crippen LogP contribution in [0.15, 0.2) is 0 Å². The first-order valence-electron chi connectivity index (χ1n) is 38.7. The van der Waals surface area contributed by atoms with Gasteiger partial charge in [-0.3, -0.25) is 43.3 Å². The molecule has 5 rings (SSSR count). The summed E-state index contributed by atoms with van der Waals surface area (Å²) in [4.78, 5) is 154. The predicted molar refractivity (Wildman–Crippen MR) is 394 cm³/mol. The number of nitrogens with zero attached hydrogens (tertiary/aromatic N) is 7. The molecule has 5 aliphatic rings. The van der Waals surface area contributed by atoms with E-state index >= 15 is 9.59 Å². The number of quaternary nitrogens is 1. The summed E-state index contributed by atoms with van der Waals surface area (Å²) in [5.74, 6) is -2.97. The molecule has 0 radical (unpaired) electrons. The quantitative estimate of drug-likeness (QED) is 0.0293. The van der Waals surface area contributed by atoms with Crippen molar-refractivity contribution in [1.82, 2.24) is 34.7 Å². The van der Waals surface area contributed by atoms with E-state index in [2.05, 4.69) is 5.32 Å². The first-order chi connectivity index (χ1) is 46.8. The molecule has 5 aliphatic heterocycles. The van der Waals surface area contributed by atoms with Gasteiger partial charge in [0.25, 0.3) is 0 Å². The lowest BCUT2D eigenvalue weighted by atomic mass is 9.77. The second-order valence-corrected chi connectivity index (χ2v) is 37.1. The summed E-state index contributed by atoms with van der Waals surface area (Å²) in [6.07, 6.45) is 5.88. The Morgan fingerprint density at radius 3 is 0.745 bits per heavy atom. The maximum Gasteiger partial charge on any atom is 0.362 e. The third-order valence-corrected chi connectivity index (χ3v) is 21.9. The number of piperidine rings is 5. The number of nitrogens with one attached hydrogen (secondary N) is 1. The molecule has 0 saturated carbocycles. The lowest BCUT2D eigenvalue weighted by molar-refractivity contribution is -0.913. The Hall–Kier alpha value is -5.42. The van der Waals surface area contributed by atoms with E-state index in [-0.39, 0.29) is 66.7 Å². The maximum absolute atomic E-state index is 15.3. The molecule has 5 amide bonds. The molecule has 5 heterocycles. The van der Waals surface area contributed by atoms with Gasteiger partial charge in [-0.25, -0.2) is 9.59 Å². The largest absolute Gasteiger partial charge is 0.461 e. The van der Waals surface area contributed by atoms with Crippen LogP contribution in [0.2, 0.25) is 0 Å². The first kappa shape index (κ1) is 87.2. The summed E-state index contributed by atoms with van der Waals surface area (Å²) in [5.41, 5.74) is -6.81. The van der Waals surface area contributed by atoms with Crippen molar-refractivity contribution >= 4 is 59.4 Å². The second kappa shape index (κ2) is 34.0. The minimum atomic E-state index is -0.714. The molecule has 0 bridgehead atoms. The number of carbonyl (C=O) groups is 10. The average Bonchev–Trinajstić information content (AvgIpc) is 0.789. The van der Waals surface area contributed by atoms with Crippen LogP contribution in [0.1, 0.15) is 302 Å². The van der Waals surface area contributed by atoms with Crippen molar-refractivity contribution in [2.75, 3.05) is 58.9 Å². The van der Waals surface area contributed by atoms with E-state index in [0.717, 1.165) is 0 Å². The lowest BCUT2D eigenvalue weighted by Crippen LogP contribution is -2.65. The van der Waals surface area contributed by atoms with E-state index in [1.807, 2.05) is 198 Å². The number of esters is 5. The third kappa shape index (κ3) is 22.6. The highest BCUT2D eigenvalue weighted by atomic mass is 16.6. The van der Waals surface area contributed by atoms with Crippen LogP contribution in [-0.4, -0.2) is 238 Å². The molecular formula is C79H139N8O15+. The van der Waals surface area contributed by atoms with Gasteiger partial charge in [-0.2, -0.15) is 0 Å². The summed E-state index contributed by atoms with van der Waals surface area (Å²) in [6.45, 7) is 47.5. The first-order valence-corrected chi connectivity index (χ1v) is 38.7. The van der Waals surface area contributed by atoms with Gasteiger partial charge in [0.05, 0.1) is 32.7 Å². The highest BCUT2D eigenvalue weighted by Crippen LogP contribution is 2.46. The van der Waals surface area contributed by atoms with Gasteiger partial charge in [-0.05, 0) is 171 Å². The zero-order chi connectivity index (χ0) is 77.4. The predicted octanol–water partition coefficient (Wildman–Crippen LogP) is 11.2. The van der Waals surface area contributed by atoms with E-state index in [1.54, 1.807) is 4.90 Å². The summed E-state index contributed by atoms with van der Waals surface area (Å²) in [7, 11) is 0. The van der Waals surface area contributed by atoms with Crippen molar-refractivity contribution in [3.05, 3.63) is 0 Å². The number of hydrogen-bond acceptors (Lipinski definition) is 17. The van der Waals surface area contributed by atoms with Crippen molar-refractivity contribution in [1.29, 1.82) is 0 Å². The van der Waals surface area contributed by atoms with Crippen LogP contribution in [0, 0.1) is 0 Å². The van der Waals surface area contributed by atoms with E-state index in [0.29, 0.717) is 128 Å². The SMILES string of the molecule is CCCC(=O)N1C(C)(C)CC(OC(=O)CNCC[N+](CCN(CC(=O)OC2CC(C)(C)N(C(=O)CCC)C(C)(C)C2)CC(=O)OC2CC(C)(C)N(C(=O)CCC)C(C)(C)C2)(CC(=O)OC2CC(C)(C)N(C(=O)CCC)C(C)(C)C2)CC(=O)OC2CC(C)(C)N(C(=O)CCC)C(C)(C)C2)CC1(C)C. The molecule has 0 aromatic rings. The molecule has 23 nitrogen and oxygen atoms in total. The number of likely N-dealkylation sites (tertiary alicyclic amines) is 5. The molecule has 0 spiro atoms. The Labute approximate surface area is 613 Å². The molecule has 102 heavy (non-hydrogen) atoms. The van der Waals surface area contributed by atoms with Gasteiger partial charge in [0, 0.05) is 165 Å². The fourth-order valence-electron chi connectivity index (χ4n) is 20.0. The van der Waals surface area contributed by atoms with Crippen LogP contribution in [-0.2, 0) is 71.6 Å². The summed E-state index contributed by atoms with van der Waals surface area (Å²) >= 11 is 0. The number of hydrogen-bond donors (Lipinski definition) is 1. The van der Waals surface area contributed by atoms with Gasteiger partial charge in [-0.15, -0.1) is 0 Å². The molecule has 5 saturated heterocycles. The molecule has 1 N–H and O–H groups in total. The number of ether oxygens (including phenoxy) is 5. The zero-order valence-electron chi connectivity index (χ0n) is 68.1. The smallest absolute Gasteiger partial charge is 0.362 e. The van der Waals surface area contributed by atoms with Crippen molar-refractivity contribution < 1.29 is 76.1 Å². The Bertz CT molecular complexity index is 2730. The number of rotatable bonds is 31. The fourth-order valence-corrected chi connectivity index (χ4v) is 20.0.